The van der Waals surface area contributed by atoms with Gasteiger partial charge in [0.2, 0.25) is 5.91 Å². The molecule has 0 saturated heterocycles. The molecule has 0 spiro atoms. The predicted octanol–water partition coefficient (Wildman–Crippen LogP) is 3.97. The summed E-state index contributed by atoms with van der Waals surface area (Å²) in [6.07, 6.45) is 0. The van der Waals surface area contributed by atoms with Crippen LogP contribution < -0.4 is 5.32 Å². The maximum Gasteiger partial charge on any atom is 0.238 e. The van der Waals surface area contributed by atoms with Gasteiger partial charge in [0.1, 0.15) is 5.82 Å². The van der Waals surface area contributed by atoms with Crippen LogP contribution in [0.25, 0.3) is 0 Å². The number of carbonyl (C=O) groups is 1. The van der Waals surface area contributed by atoms with Gasteiger partial charge in [-0.2, -0.15) is 0 Å². The average molecular weight is 365 g/mol. The summed E-state index contributed by atoms with van der Waals surface area (Å²) in [4.78, 5) is 14.0. The second-order valence-corrected chi connectivity index (χ2v) is 6.18. The van der Waals surface area contributed by atoms with Crippen molar-refractivity contribution >= 4 is 27.5 Å². The minimum absolute atomic E-state index is 0.0887. The van der Waals surface area contributed by atoms with Crippen LogP contribution in [-0.4, -0.2) is 24.4 Å². The molecule has 0 radical (unpaired) electrons. The summed E-state index contributed by atoms with van der Waals surface area (Å²) in [5.41, 5.74) is 2.84. The molecule has 1 N–H and O–H groups in total. The first-order valence-electron chi connectivity index (χ1n) is 6.93. The number of halogens is 2. The molecule has 0 saturated carbocycles. The molecule has 5 heteroatoms. The molecule has 2 aromatic rings. The van der Waals surface area contributed by atoms with Gasteiger partial charge in [0.15, 0.2) is 0 Å². The van der Waals surface area contributed by atoms with Crippen molar-refractivity contribution in [3.63, 3.8) is 0 Å². The molecule has 116 valence electrons. The molecule has 0 fully saturated rings. The maximum atomic E-state index is 12.9. The van der Waals surface area contributed by atoms with E-state index < -0.39 is 0 Å². The van der Waals surface area contributed by atoms with E-state index in [0.29, 0.717) is 6.54 Å². The Morgan fingerprint density at radius 3 is 2.55 bits per heavy atom. The van der Waals surface area contributed by atoms with Gasteiger partial charge in [-0.3, -0.25) is 9.69 Å². The van der Waals surface area contributed by atoms with Crippen LogP contribution in [0.15, 0.2) is 46.9 Å². The lowest BCUT2D eigenvalue weighted by Gasteiger charge is -2.17. The van der Waals surface area contributed by atoms with Crippen molar-refractivity contribution < 1.29 is 9.18 Å². The molecule has 0 unspecified atom stereocenters. The highest BCUT2D eigenvalue weighted by atomic mass is 79.9. The first-order valence-corrected chi connectivity index (χ1v) is 7.72. The molecule has 0 aliphatic carbocycles. The Kier molecular flexibility index (Phi) is 5.69. The summed E-state index contributed by atoms with van der Waals surface area (Å²) >= 11 is 3.44. The fourth-order valence-corrected chi connectivity index (χ4v) is 2.71. The zero-order chi connectivity index (χ0) is 16.1. The number of hydrogen-bond donors (Lipinski definition) is 1. The molecular weight excluding hydrogens is 347 g/mol. The van der Waals surface area contributed by atoms with Crippen LogP contribution in [0.2, 0.25) is 0 Å². The fraction of sp³-hybridized carbons (Fsp3) is 0.235. The van der Waals surface area contributed by atoms with Crippen LogP contribution in [0.1, 0.15) is 11.1 Å². The lowest BCUT2D eigenvalue weighted by atomic mass is 10.2. The van der Waals surface area contributed by atoms with E-state index in [1.807, 2.05) is 37.1 Å². The standard InChI is InChI=1S/C17H18BrFN2O/c1-12-3-8-16(15(18)9-12)20-17(22)11-21(2)10-13-4-6-14(19)7-5-13/h3-9H,10-11H2,1-2H3,(H,20,22). The molecule has 0 bridgehead atoms. The van der Waals surface area contributed by atoms with Crippen molar-refractivity contribution in [1.29, 1.82) is 0 Å². The van der Waals surface area contributed by atoms with E-state index >= 15 is 0 Å². The monoisotopic (exact) mass is 364 g/mol. The van der Waals surface area contributed by atoms with E-state index in [1.54, 1.807) is 12.1 Å². The van der Waals surface area contributed by atoms with Crippen molar-refractivity contribution in [3.05, 3.63) is 63.9 Å². The van der Waals surface area contributed by atoms with Crippen LogP contribution in [0, 0.1) is 12.7 Å². The molecule has 0 atom stereocenters. The van der Waals surface area contributed by atoms with Crippen LogP contribution >= 0.6 is 15.9 Å². The SMILES string of the molecule is Cc1ccc(NC(=O)CN(C)Cc2ccc(F)cc2)c(Br)c1. The van der Waals surface area contributed by atoms with Gasteiger partial charge in [-0.15, -0.1) is 0 Å². The number of benzene rings is 2. The summed E-state index contributed by atoms with van der Waals surface area (Å²) in [7, 11) is 1.85. The summed E-state index contributed by atoms with van der Waals surface area (Å²) < 4.78 is 13.7. The van der Waals surface area contributed by atoms with Crippen molar-refractivity contribution in [2.24, 2.45) is 0 Å². The Bertz CT molecular complexity index is 658. The number of hydrogen-bond acceptors (Lipinski definition) is 2. The molecular formula is C17H18BrFN2O. The zero-order valence-electron chi connectivity index (χ0n) is 12.6. The molecule has 2 aromatic carbocycles. The lowest BCUT2D eigenvalue weighted by Crippen LogP contribution is -2.29. The summed E-state index contributed by atoms with van der Waals surface area (Å²) in [5, 5.41) is 2.88. The third-order valence-corrected chi connectivity index (χ3v) is 3.83. The van der Waals surface area contributed by atoms with Crippen LogP contribution in [0.3, 0.4) is 0 Å². The predicted molar refractivity (Wildman–Crippen MR) is 90.2 cm³/mol. The minimum atomic E-state index is -0.256. The Balaban J connectivity index is 1.89. The molecule has 0 aliphatic rings. The van der Waals surface area contributed by atoms with Gasteiger partial charge < -0.3 is 5.32 Å². The largest absolute Gasteiger partial charge is 0.324 e. The Morgan fingerprint density at radius 2 is 1.91 bits per heavy atom. The van der Waals surface area contributed by atoms with Gasteiger partial charge in [0, 0.05) is 11.0 Å². The summed E-state index contributed by atoms with van der Waals surface area (Å²) in [5.74, 6) is -0.345. The highest BCUT2D eigenvalue weighted by molar-refractivity contribution is 9.10. The minimum Gasteiger partial charge on any atom is -0.324 e. The van der Waals surface area contributed by atoms with Gasteiger partial charge in [-0.25, -0.2) is 4.39 Å². The average Bonchev–Trinajstić information content (AvgIpc) is 2.44. The Morgan fingerprint density at radius 1 is 1.23 bits per heavy atom. The molecule has 0 aliphatic heterocycles. The number of nitrogens with one attached hydrogen (secondary N) is 1. The highest BCUT2D eigenvalue weighted by Gasteiger charge is 2.09. The number of anilines is 1. The summed E-state index contributed by atoms with van der Waals surface area (Å²) in [6, 6.07) is 12.1. The molecule has 22 heavy (non-hydrogen) atoms. The number of amides is 1. The van der Waals surface area contributed by atoms with Crippen LogP contribution in [0.4, 0.5) is 10.1 Å². The molecule has 2 rings (SSSR count). The van der Waals surface area contributed by atoms with Gasteiger partial charge in [-0.1, -0.05) is 18.2 Å². The van der Waals surface area contributed by atoms with Gasteiger partial charge in [-0.05, 0) is 65.3 Å². The van der Waals surface area contributed by atoms with Crippen LogP contribution in [0.5, 0.6) is 0 Å². The Labute approximate surface area is 138 Å². The molecule has 0 aromatic heterocycles. The van der Waals surface area contributed by atoms with Crippen LogP contribution in [-0.2, 0) is 11.3 Å². The second kappa shape index (κ2) is 7.51. The molecule has 1 amide bonds. The molecule has 3 nitrogen and oxygen atoms in total. The van der Waals surface area contributed by atoms with E-state index in [0.717, 1.165) is 21.3 Å². The van der Waals surface area contributed by atoms with Crippen molar-refractivity contribution in [1.82, 2.24) is 4.90 Å². The third-order valence-electron chi connectivity index (χ3n) is 3.18. The quantitative estimate of drug-likeness (QED) is 0.870. The number of carbonyl (C=O) groups excluding carboxylic acids is 1. The topological polar surface area (TPSA) is 32.3 Å². The summed E-state index contributed by atoms with van der Waals surface area (Å²) in [6.45, 7) is 2.84. The van der Waals surface area contributed by atoms with E-state index in [9.17, 15) is 9.18 Å². The normalized spacial score (nSPS) is 10.8. The smallest absolute Gasteiger partial charge is 0.238 e. The van der Waals surface area contributed by atoms with Crippen molar-refractivity contribution in [2.45, 2.75) is 13.5 Å². The van der Waals surface area contributed by atoms with Crippen molar-refractivity contribution in [3.8, 4) is 0 Å². The Hall–Kier alpha value is -1.72. The van der Waals surface area contributed by atoms with Gasteiger partial charge >= 0.3 is 0 Å². The third kappa shape index (κ3) is 4.93. The maximum absolute atomic E-state index is 12.9. The van der Waals surface area contributed by atoms with Gasteiger partial charge in [0.25, 0.3) is 0 Å². The van der Waals surface area contributed by atoms with E-state index in [4.69, 9.17) is 0 Å². The number of aryl methyl sites for hydroxylation is 1. The van der Waals surface area contributed by atoms with E-state index in [2.05, 4.69) is 21.2 Å². The lowest BCUT2D eigenvalue weighted by molar-refractivity contribution is -0.117. The fourth-order valence-electron chi connectivity index (χ4n) is 2.11. The number of likely N-dealkylation sites (N-methyl/N-ethyl adjacent to an activating group) is 1. The van der Waals surface area contributed by atoms with Crippen molar-refractivity contribution in [2.75, 3.05) is 18.9 Å². The highest BCUT2D eigenvalue weighted by Crippen LogP contribution is 2.23. The first kappa shape index (κ1) is 16.6. The molecule has 0 heterocycles. The zero-order valence-corrected chi connectivity index (χ0v) is 14.2. The second-order valence-electron chi connectivity index (χ2n) is 5.33. The van der Waals surface area contributed by atoms with E-state index in [-0.39, 0.29) is 18.3 Å². The van der Waals surface area contributed by atoms with Gasteiger partial charge in [0.05, 0.1) is 12.2 Å². The van der Waals surface area contributed by atoms with E-state index in [1.165, 1.54) is 12.1 Å². The number of rotatable bonds is 5. The number of nitrogens with zero attached hydrogens (tertiary/aromatic N) is 1. The first-order chi connectivity index (χ1) is 10.4.